The van der Waals surface area contributed by atoms with Gasteiger partial charge in [-0.1, -0.05) is 21.1 Å². The smallest absolute Gasteiger partial charge is 0.228 e. The maximum atomic E-state index is 5.44. The van der Waals surface area contributed by atoms with Crippen molar-refractivity contribution >= 4 is 15.9 Å². The fourth-order valence-corrected chi connectivity index (χ4v) is 1.90. The maximum absolute atomic E-state index is 5.44. The Kier molecular flexibility index (Phi) is 3.59. The average Bonchev–Trinajstić information content (AvgIpc) is 2.74. The van der Waals surface area contributed by atoms with Gasteiger partial charge in [0.15, 0.2) is 0 Å². The Bertz CT molecular complexity index is 513. The van der Waals surface area contributed by atoms with Crippen molar-refractivity contribution in [1.82, 2.24) is 10.1 Å². The van der Waals surface area contributed by atoms with Crippen LogP contribution in [0.25, 0.3) is 11.4 Å². The van der Waals surface area contributed by atoms with E-state index in [4.69, 9.17) is 10.3 Å². The molecule has 0 aliphatic heterocycles. The summed E-state index contributed by atoms with van der Waals surface area (Å²) in [6.45, 7) is 4.60. The molecule has 0 aliphatic rings. The summed E-state index contributed by atoms with van der Waals surface area (Å²) in [4.78, 5) is 4.31. The van der Waals surface area contributed by atoms with Crippen LogP contribution < -0.4 is 5.73 Å². The molecule has 0 amide bonds. The monoisotopic (exact) mass is 295 g/mol. The number of hydrogen-bond donors (Lipinski definition) is 1. The van der Waals surface area contributed by atoms with Crippen LogP contribution in [0.4, 0.5) is 0 Å². The number of halogens is 1. The van der Waals surface area contributed by atoms with Crippen LogP contribution in [0, 0.1) is 13.8 Å². The lowest BCUT2D eigenvalue weighted by Crippen LogP contribution is -2.02. The highest BCUT2D eigenvalue weighted by molar-refractivity contribution is 9.10. The van der Waals surface area contributed by atoms with Crippen molar-refractivity contribution in [3.63, 3.8) is 0 Å². The van der Waals surface area contributed by atoms with Crippen molar-refractivity contribution in [3.05, 3.63) is 33.6 Å². The Balaban J connectivity index is 2.39. The van der Waals surface area contributed by atoms with E-state index in [1.54, 1.807) is 0 Å². The van der Waals surface area contributed by atoms with Gasteiger partial charge >= 0.3 is 0 Å². The molecule has 0 unspecified atom stereocenters. The average molecular weight is 296 g/mol. The molecule has 0 spiro atoms. The quantitative estimate of drug-likeness (QED) is 0.945. The summed E-state index contributed by atoms with van der Waals surface area (Å²) in [5.74, 6) is 1.20. The second-order valence-electron chi connectivity index (χ2n) is 3.97. The van der Waals surface area contributed by atoms with Crippen molar-refractivity contribution in [2.75, 3.05) is 6.54 Å². The van der Waals surface area contributed by atoms with Gasteiger partial charge in [0.1, 0.15) is 0 Å². The molecule has 2 rings (SSSR count). The number of nitrogens with zero attached hydrogens (tertiary/aromatic N) is 2. The standard InChI is InChI=1S/C12H14BrN3O/c1-7-5-9(6-8(2)11(7)13)12-15-10(3-4-14)17-16-12/h5-6H,3-4,14H2,1-2H3. The minimum absolute atomic E-state index is 0.514. The van der Waals surface area contributed by atoms with Crippen LogP contribution in [0.15, 0.2) is 21.1 Å². The van der Waals surface area contributed by atoms with Gasteiger partial charge in [-0.2, -0.15) is 4.98 Å². The maximum Gasteiger partial charge on any atom is 0.228 e. The van der Waals surface area contributed by atoms with Gasteiger partial charge < -0.3 is 10.3 Å². The molecule has 0 fully saturated rings. The summed E-state index contributed by atoms with van der Waals surface area (Å²) >= 11 is 3.54. The minimum atomic E-state index is 0.514. The predicted octanol–water partition coefficient (Wildman–Crippen LogP) is 2.62. The molecule has 5 heteroatoms. The molecule has 0 saturated heterocycles. The molecule has 0 radical (unpaired) electrons. The summed E-state index contributed by atoms with van der Waals surface area (Å²) in [5, 5.41) is 3.96. The summed E-state index contributed by atoms with van der Waals surface area (Å²) in [6, 6.07) is 4.07. The molecule has 2 aromatic rings. The van der Waals surface area contributed by atoms with E-state index in [0.29, 0.717) is 24.7 Å². The molecule has 0 bridgehead atoms. The summed E-state index contributed by atoms with van der Waals surface area (Å²) < 4.78 is 6.23. The number of hydrogen-bond acceptors (Lipinski definition) is 4. The van der Waals surface area contributed by atoms with Gasteiger partial charge in [-0.15, -0.1) is 0 Å². The van der Waals surface area contributed by atoms with Gasteiger partial charge in [-0.25, -0.2) is 0 Å². The molecule has 1 aromatic carbocycles. The largest absolute Gasteiger partial charge is 0.339 e. The Labute approximate surface area is 108 Å². The fourth-order valence-electron chi connectivity index (χ4n) is 1.67. The van der Waals surface area contributed by atoms with Gasteiger partial charge in [-0.3, -0.25) is 0 Å². The van der Waals surface area contributed by atoms with Crippen LogP contribution >= 0.6 is 15.9 Å². The van der Waals surface area contributed by atoms with E-state index in [1.807, 2.05) is 26.0 Å². The highest BCUT2D eigenvalue weighted by atomic mass is 79.9. The van der Waals surface area contributed by atoms with Crippen molar-refractivity contribution in [3.8, 4) is 11.4 Å². The van der Waals surface area contributed by atoms with Crippen molar-refractivity contribution < 1.29 is 4.52 Å². The first-order valence-electron chi connectivity index (χ1n) is 5.41. The van der Waals surface area contributed by atoms with Crippen LogP contribution in [0.5, 0.6) is 0 Å². The highest BCUT2D eigenvalue weighted by Crippen LogP contribution is 2.27. The number of benzene rings is 1. The molecule has 1 aromatic heterocycles. The third-order valence-electron chi connectivity index (χ3n) is 2.52. The van der Waals surface area contributed by atoms with E-state index in [9.17, 15) is 0 Å². The second kappa shape index (κ2) is 4.98. The topological polar surface area (TPSA) is 64.9 Å². The zero-order valence-electron chi connectivity index (χ0n) is 9.83. The van der Waals surface area contributed by atoms with E-state index in [2.05, 4.69) is 26.1 Å². The van der Waals surface area contributed by atoms with E-state index in [-0.39, 0.29) is 0 Å². The molecule has 1 heterocycles. The normalized spacial score (nSPS) is 10.8. The van der Waals surface area contributed by atoms with Crippen LogP contribution in [0.1, 0.15) is 17.0 Å². The lowest BCUT2D eigenvalue weighted by molar-refractivity contribution is 0.380. The third kappa shape index (κ3) is 2.56. The lowest BCUT2D eigenvalue weighted by atomic mass is 10.1. The summed E-state index contributed by atoms with van der Waals surface area (Å²) in [5.41, 5.74) is 8.73. The Morgan fingerprint density at radius 3 is 2.53 bits per heavy atom. The van der Waals surface area contributed by atoms with E-state index in [1.165, 1.54) is 0 Å². The van der Waals surface area contributed by atoms with Gasteiger partial charge in [0.2, 0.25) is 11.7 Å². The summed E-state index contributed by atoms with van der Waals surface area (Å²) in [6.07, 6.45) is 0.613. The van der Waals surface area contributed by atoms with Gasteiger partial charge in [0.25, 0.3) is 0 Å². The summed E-state index contributed by atoms with van der Waals surface area (Å²) in [7, 11) is 0. The first kappa shape index (κ1) is 12.3. The van der Waals surface area contributed by atoms with Crippen molar-refractivity contribution in [1.29, 1.82) is 0 Å². The van der Waals surface area contributed by atoms with Crippen LogP contribution in [-0.2, 0) is 6.42 Å². The van der Waals surface area contributed by atoms with Gasteiger partial charge in [0, 0.05) is 23.0 Å². The Morgan fingerprint density at radius 1 is 1.29 bits per heavy atom. The molecule has 0 aliphatic carbocycles. The van der Waals surface area contributed by atoms with E-state index in [0.717, 1.165) is 21.2 Å². The first-order valence-corrected chi connectivity index (χ1v) is 6.21. The predicted molar refractivity (Wildman–Crippen MR) is 69.7 cm³/mol. The third-order valence-corrected chi connectivity index (χ3v) is 3.77. The molecule has 0 atom stereocenters. The second-order valence-corrected chi connectivity index (χ2v) is 4.77. The molecular weight excluding hydrogens is 282 g/mol. The van der Waals surface area contributed by atoms with Crippen molar-refractivity contribution in [2.24, 2.45) is 5.73 Å². The molecule has 17 heavy (non-hydrogen) atoms. The fraction of sp³-hybridized carbons (Fsp3) is 0.333. The SMILES string of the molecule is Cc1cc(-c2noc(CCN)n2)cc(C)c1Br. The van der Waals surface area contributed by atoms with Crippen LogP contribution in [0.3, 0.4) is 0 Å². The molecule has 90 valence electrons. The first-order chi connectivity index (χ1) is 8.11. The molecule has 4 nitrogen and oxygen atoms in total. The zero-order chi connectivity index (χ0) is 12.4. The minimum Gasteiger partial charge on any atom is -0.339 e. The van der Waals surface area contributed by atoms with Gasteiger partial charge in [0.05, 0.1) is 0 Å². The number of aryl methyl sites for hydroxylation is 2. The van der Waals surface area contributed by atoms with Crippen LogP contribution in [0.2, 0.25) is 0 Å². The number of aromatic nitrogens is 2. The molecule has 0 saturated carbocycles. The lowest BCUT2D eigenvalue weighted by Gasteiger charge is -2.04. The molecule has 2 N–H and O–H groups in total. The Hall–Kier alpha value is -1.20. The van der Waals surface area contributed by atoms with Gasteiger partial charge in [-0.05, 0) is 37.1 Å². The zero-order valence-corrected chi connectivity index (χ0v) is 11.4. The van der Waals surface area contributed by atoms with E-state index < -0.39 is 0 Å². The van der Waals surface area contributed by atoms with E-state index >= 15 is 0 Å². The molecular formula is C12H14BrN3O. The van der Waals surface area contributed by atoms with Crippen LogP contribution in [-0.4, -0.2) is 16.7 Å². The van der Waals surface area contributed by atoms with Crippen molar-refractivity contribution in [2.45, 2.75) is 20.3 Å². The number of rotatable bonds is 3. The number of nitrogens with two attached hydrogens (primary N) is 1. The Morgan fingerprint density at radius 2 is 1.94 bits per heavy atom. The highest BCUT2D eigenvalue weighted by Gasteiger charge is 2.10.